The Labute approximate surface area is 183 Å². The number of benzene rings is 2. The first kappa shape index (κ1) is 23.3. The van der Waals surface area contributed by atoms with E-state index in [9.17, 15) is 18.4 Å². The molecular formula is C26H31F3N2. The number of hydrogen-bond acceptors (Lipinski definition) is 2. The summed E-state index contributed by atoms with van der Waals surface area (Å²) >= 11 is 0. The Morgan fingerprint density at radius 1 is 0.935 bits per heavy atom. The summed E-state index contributed by atoms with van der Waals surface area (Å²) in [5.74, 6) is 0.0185. The van der Waals surface area contributed by atoms with Gasteiger partial charge in [-0.15, -0.1) is 0 Å². The molecule has 0 aliphatic heterocycles. The summed E-state index contributed by atoms with van der Waals surface area (Å²) < 4.78 is 41.1. The largest absolute Gasteiger partial charge is 0.416 e. The van der Waals surface area contributed by atoms with Gasteiger partial charge in [0, 0.05) is 6.54 Å². The number of hydrogen-bond donors (Lipinski definition) is 0. The van der Waals surface area contributed by atoms with Crippen LogP contribution in [-0.2, 0) is 18.0 Å². The molecule has 1 aliphatic rings. The fraction of sp³-hybridized carbons (Fsp3) is 0.500. The molecule has 0 N–H and O–H groups in total. The van der Waals surface area contributed by atoms with Crippen LogP contribution in [0.3, 0.4) is 0 Å². The second-order valence-corrected chi connectivity index (χ2v) is 8.58. The van der Waals surface area contributed by atoms with Crippen LogP contribution in [0.25, 0.3) is 0 Å². The average Bonchev–Trinajstić information content (AvgIpc) is 3.61. The van der Waals surface area contributed by atoms with Gasteiger partial charge in [0.2, 0.25) is 0 Å². The Hall–Kier alpha value is -2.32. The highest BCUT2D eigenvalue weighted by Crippen LogP contribution is 2.52. The third-order valence-electron chi connectivity index (χ3n) is 6.33. The van der Waals surface area contributed by atoms with Crippen molar-refractivity contribution < 1.29 is 13.2 Å². The predicted molar refractivity (Wildman–Crippen MR) is 118 cm³/mol. The minimum absolute atomic E-state index is 0.0185. The van der Waals surface area contributed by atoms with E-state index < -0.39 is 17.2 Å². The van der Waals surface area contributed by atoms with Crippen LogP contribution in [0.5, 0.6) is 0 Å². The number of halogens is 3. The van der Waals surface area contributed by atoms with Crippen molar-refractivity contribution in [1.29, 1.82) is 5.26 Å². The summed E-state index contributed by atoms with van der Waals surface area (Å²) in [7, 11) is 0. The number of nitriles is 1. The Morgan fingerprint density at radius 3 is 2.16 bits per heavy atom. The quantitative estimate of drug-likeness (QED) is 0.403. The van der Waals surface area contributed by atoms with Gasteiger partial charge in [0.15, 0.2) is 0 Å². The molecule has 0 aromatic heterocycles. The Balaban J connectivity index is 1.71. The third-order valence-corrected chi connectivity index (χ3v) is 6.33. The van der Waals surface area contributed by atoms with E-state index in [0.29, 0.717) is 12.8 Å². The lowest BCUT2D eigenvalue weighted by Crippen LogP contribution is -2.33. The first-order valence-electron chi connectivity index (χ1n) is 11.2. The van der Waals surface area contributed by atoms with Crippen LogP contribution in [0, 0.1) is 17.2 Å². The molecule has 31 heavy (non-hydrogen) atoms. The van der Waals surface area contributed by atoms with Crippen molar-refractivity contribution in [1.82, 2.24) is 4.90 Å². The fourth-order valence-electron chi connectivity index (χ4n) is 4.63. The molecule has 0 amide bonds. The molecule has 1 saturated carbocycles. The molecule has 2 aromatic carbocycles. The highest BCUT2D eigenvalue weighted by molar-refractivity contribution is 5.43. The van der Waals surface area contributed by atoms with Gasteiger partial charge in [0.25, 0.3) is 0 Å². The van der Waals surface area contributed by atoms with Crippen molar-refractivity contribution in [2.75, 3.05) is 19.6 Å². The maximum Gasteiger partial charge on any atom is 0.416 e. The van der Waals surface area contributed by atoms with Crippen LogP contribution < -0.4 is 0 Å². The summed E-state index contributed by atoms with van der Waals surface area (Å²) in [4.78, 5) is 2.37. The lowest BCUT2D eigenvalue weighted by molar-refractivity contribution is -0.138. The zero-order valence-electron chi connectivity index (χ0n) is 18.2. The number of alkyl halides is 3. The van der Waals surface area contributed by atoms with E-state index in [1.54, 1.807) is 6.07 Å². The Bertz CT molecular complexity index is 868. The molecule has 2 aromatic rings. The lowest BCUT2D eigenvalue weighted by atomic mass is 9.72. The number of nitrogens with zero attached hydrogens (tertiary/aromatic N) is 2. The normalized spacial score (nSPS) is 16.1. The van der Waals surface area contributed by atoms with Crippen molar-refractivity contribution in [2.24, 2.45) is 5.92 Å². The van der Waals surface area contributed by atoms with E-state index in [2.05, 4.69) is 30.0 Å². The van der Waals surface area contributed by atoms with Crippen molar-refractivity contribution in [2.45, 2.75) is 57.0 Å². The highest BCUT2D eigenvalue weighted by Gasteiger charge is 2.50. The molecular weight excluding hydrogens is 397 g/mol. The van der Waals surface area contributed by atoms with Gasteiger partial charge in [-0.2, -0.15) is 18.4 Å². The molecule has 1 atom stereocenters. The molecule has 1 fully saturated rings. The minimum Gasteiger partial charge on any atom is -0.303 e. The van der Waals surface area contributed by atoms with Gasteiger partial charge >= 0.3 is 6.18 Å². The van der Waals surface area contributed by atoms with E-state index in [1.165, 1.54) is 17.7 Å². The van der Waals surface area contributed by atoms with Crippen LogP contribution >= 0.6 is 0 Å². The van der Waals surface area contributed by atoms with Gasteiger partial charge in [0.05, 0.1) is 17.0 Å². The van der Waals surface area contributed by atoms with Gasteiger partial charge in [-0.05, 0) is 74.7 Å². The predicted octanol–water partition coefficient (Wildman–Crippen LogP) is 6.61. The van der Waals surface area contributed by atoms with Crippen molar-refractivity contribution in [3.05, 3.63) is 71.3 Å². The molecule has 0 heterocycles. The van der Waals surface area contributed by atoms with Gasteiger partial charge in [-0.25, -0.2) is 0 Å². The van der Waals surface area contributed by atoms with Crippen molar-refractivity contribution in [3.63, 3.8) is 0 Å². The monoisotopic (exact) mass is 428 g/mol. The van der Waals surface area contributed by atoms with Gasteiger partial charge < -0.3 is 4.90 Å². The van der Waals surface area contributed by atoms with Crippen LogP contribution in [0.2, 0.25) is 0 Å². The standard InChI is InChI=1S/C26H31F3N2/c1-2-17-31(19-15-21-9-4-3-5-10-21)18-8-16-25(20-30,22-13-14-22)23-11-6-7-12-24(23)26(27,28)29/h3-7,9-12,22H,2,8,13-19H2,1H3. The van der Waals surface area contributed by atoms with E-state index in [4.69, 9.17) is 0 Å². The third kappa shape index (κ3) is 5.89. The summed E-state index contributed by atoms with van der Waals surface area (Å²) in [6, 6.07) is 18.3. The zero-order chi connectivity index (χ0) is 22.3. The molecule has 0 bridgehead atoms. The van der Waals surface area contributed by atoms with Crippen molar-refractivity contribution >= 4 is 0 Å². The molecule has 0 spiro atoms. The average molecular weight is 429 g/mol. The number of rotatable bonds is 11. The summed E-state index contributed by atoms with van der Waals surface area (Å²) in [6.07, 6.45) is 0.357. The Morgan fingerprint density at radius 2 is 1.58 bits per heavy atom. The highest BCUT2D eigenvalue weighted by atomic mass is 19.4. The van der Waals surface area contributed by atoms with E-state index in [0.717, 1.165) is 51.4 Å². The smallest absolute Gasteiger partial charge is 0.303 e. The molecule has 1 unspecified atom stereocenters. The maximum absolute atomic E-state index is 13.7. The van der Waals surface area contributed by atoms with Crippen LogP contribution in [0.15, 0.2) is 54.6 Å². The van der Waals surface area contributed by atoms with Crippen molar-refractivity contribution in [3.8, 4) is 6.07 Å². The van der Waals surface area contributed by atoms with Crippen LogP contribution in [0.4, 0.5) is 13.2 Å². The SMILES string of the molecule is CCCN(CCCC(C#N)(c1ccccc1C(F)(F)F)C1CC1)CCc1ccccc1. The van der Waals surface area contributed by atoms with E-state index in [1.807, 2.05) is 18.2 Å². The van der Waals surface area contributed by atoms with Gasteiger partial charge in [-0.1, -0.05) is 55.5 Å². The molecule has 1 aliphatic carbocycles. The minimum atomic E-state index is -4.45. The van der Waals surface area contributed by atoms with Crippen LogP contribution in [-0.4, -0.2) is 24.5 Å². The molecule has 0 radical (unpaired) electrons. The molecule has 2 nitrogen and oxygen atoms in total. The fourth-order valence-corrected chi connectivity index (χ4v) is 4.63. The topological polar surface area (TPSA) is 27.0 Å². The Kier molecular flexibility index (Phi) is 7.78. The second-order valence-electron chi connectivity index (χ2n) is 8.58. The first-order chi connectivity index (χ1) is 14.9. The molecule has 3 rings (SSSR count). The van der Waals surface area contributed by atoms with E-state index >= 15 is 0 Å². The second kappa shape index (κ2) is 10.3. The zero-order valence-corrected chi connectivity index (χ0v) is 18.2. The van der Waals surface area contributed by atoms with Crippen LogP contribution in [0.1, 0.15) is 55.7 Å². The molecule has 0 saturated heterocycles. The summed E-state index contributed by atoms with van der Waals surface area (Å²) in [5, 5.41) is 10.1. The van der Waals surface area contributed by atoms with Gasteiger partial charge in [-0.3, -0.25) is 0 Å². The summed E-state index contributed by atoms with van der Waals surface area (Å²) in [6.45, 7) is 4.80. The first-order valence-corrected chi connectivity index (χ1v) is 11.2. The van der Waals surface area contributed by atoms with E-state index in [-0.39, 0.29) is 11.5 Å². The molecule has 5 heteroatoms. The molecule has 166 valence electrons. The lowest BCUT2D eigenvalue weighted by Gasteiger charge is -2.31. The maximum atomic E-state index is 13.7. The van der Waals surface area contributed by atoms with Gasteiger partial charge in [0.1, 0.15) is 0 Å². The summed E-state index contributed by atoms with van der Waals surface area (Å²) in [5.41, 5.74) is -0.257.